The molecule has 0 bridgehead atoms. The highest BCUT2D eigenvalue weighted by molar-refractivity contribution is 5.88. The Kier molecular flexibility index (Phi) is 13.3. The van der Waals surface area contributed by atoms with Crippen molar-refractivity contribution in [1.82, 2.24) is 0 Å². The predicted molar refractivity (Wildman–Crippen MR) is 209 cm³/mol. The van der Waals surface area contributed by atoms with Crippen molar-refractivity contribution in [1.29, 1.82) is 0 Å². The molecule has 0 atom stereocenters. The van der Waals surface area contributed by atoms with E-state index in [9.17, 15) is 9.59 Å². The van der Waals surface area contributed by atoms with Gasteiger partial charge in [0.1, 0.15) is 13.2 Å². The minimum atomic E-state index is -0.639. The zero-order chi connectivity index (χ0) is 36.5. The lowest BCUT2D eigenvalue weighted by Gasteiger charge is -2.26. The third-order valence-electron chi connectivity index (χ3n) is 8.38. The first-order valence-electron chi connectivity index (χ1n) is 17.0. The molecule has 0 heterocycles. The average Bonchev–Trinajstić information content (AvgIpc) is 3.19. The Labute approximate surface area is 305 Å². The standard InChI is InChI=1S/C45H39N3O4/c1-4-34-12-22-41(23-13-34)48(43-26-16-38(17-27-43)33-52-45(50)29-31-47-3)42-24-14-36(15-25-42)7-5-6-35-8-18-39(19-9-35)40-20-10-37(11-21-40)32-51-44(49)28-30-46-2/h8-27H,2-7,32-33H2,1H3. The summed E-state index contributed by atoms with van der Waals surface area (Å²) >= 11 is 0. The van der Waals surface area contributed by atoms with Crippen molar-refractivity contribution in [2.75, 3.05) is 4.90 Å². The van der Waals surface area contributed by atoms with Crippen LogP contribution in [0, 0.1) is 23.9 Å². The minimum absolute atomic E-state index is 0.122. The molecule has 0 N–H and O–H groups in total. The summed E-state index contributed by atoms with van der Waals surface area (Å²) in [5.41, 5.74) is 10.9. The molecule has 0 fully saturated rings. The molecule has 0 radical (unpaired) electrons. The summed E-state index contributed by atoms with van der Waals surface area (Å²) in [7, 11) is 0. The van der Waals surface area contributed by atoms with E-state index in [1.165, 1.54) is 16.7 Å². The van der Waals surface area contributed by atoms with Crippen LogP contribution in [0.25, 0.3) is 11.1 Å². The molecule has 0 amide bonds. The smallest absolute Gasteiger partial charge is 0.386 e. The van der Waals surface area contributed by atoms with E-state index in [0.29, 0.717) is 0 Å². The van der Waals surface area contributed by atoms with Crippen molar-refractivity contribution < 1.29 is 19.1 Å². The molecule has 7 heteroatoms. The van der Waals surface area contributed by atoms with Crippen molar-refractivity contribution in [3.8, 4) is 35.1 Å². The normalized spacial score (nSPS) is 10.1. The maximum atomic E-state index is 11.7. The van der Waals surface area contributed by atoms with Gasteiger partial charge in [-0.2, -0.15) is 0 Å². The molecule has 0 aliphatic rings. The van der Waals surface area contributed by atoms with Gasteiger partial charge in [-0.15, -0.1) is 0 Å². The number of rotatable bonds is 13. The zero-order valence-corrected chi connectivity index (χ0v) is 29.2. The maximum Gasteiger partial charge on any atom is 0.386 e. The molecule has 7 nitrogen and oxygen atoms in total. The maximum absolute atomic E-state index is 11.7. The predicted octanol–water partition coefficient (Wildman–Crippen LogP) is 8.97. The molecule has 0 saturated carbocycles. The minimum Gasteiger partial charge on any atom is -0.451 e. The molecule has 0 spiro atoms. The number of nitrogens with zero attached hydrogens (tertiary/aromatic N) is 3. The SMILES string of the molecule is C=NC#CC(=O)OCc1ccc(-c2ccc(CCCc3ccc(N(c4ccc(CC)cc4)c4ccc(COC(=O)C#CN=C)cc4)cc3)cc2)cc1. The van der Waals surface area contributed by atoms with Gasteiger partial charge in [0.15, 0.2) is 0 Å². The Morgan fingerprint density at radius 2 is 0.885 bits per heavy atom. The van der Waals surface area contributed by atoms with Gasteiger partial charge in [-0.1, -0.05) is 91.9 Å². The zero-order valence-electron chi connectivity index (χ0n) is 29.2. The Hall–Kier alpha value is -6.70. The summed E-state index contributed by atoms with van der Waals surface area (Å²) in [5, 5.41) is 0. The van der Waals surface area contributed by atoms with E-state index in [1.54, 1.807) is 0 Å². The van der Waals surface area contributed by atoms with Crippen molar-refractivity contribution in [2.24, 2.45) is 9.98 Å². The van der Waals surface area contributed by atoms with Crippen LogP contribution in [0.3, 0.4) is 0 Å². The third-order valence-corrected chi connectivity index (χ3v) is 8.38. The summed E-state index contributed by atoms with van der Waals surface area (Å²) in [4.78, 5) is 32.2. The largest absolute Gasteiger partial charge is 0.451 e. The van der Waals surface area contributed by atoms with Crippen LogP contribution < -0.4 is 4.90 Å². The number of aliphatic imine (C=N–C) groups is 2. The van der Waals surface area contributed by atoms with Gasteiger partial charge in [0.2, 0.25) is 0 Å². The first-order chi connectivity index (χ1) is 25.4. The molecule has 0 aliphatic carbocycles. The molecule has 5 aromatic rings. The molecular weight excluding hydrogens is 647 g/mol. The van der Waals surface area contributed by atoms with Gasteiger partial charge in [0.25, 0.3) is 0 Å². The Morgan fingerprint density at radius 3 is 1.27 bits per heavy atom. The molecule has 0 aliphatic heterocycles. The van der Waals surface area contributed by atoms with Crippen LogP contribution in [-0.2, 0) is 51.5 Å². The molecule has 5 aromatic carbocycles. The first-order valence-corrected chi connectivity index (χ1v) is 17.0. The van der Waals surface area contributed by atoms with Crippen LogP contribution >= 0.6 is 0 Å². The number of anilines is 3. The lowest BCUT2D eigenvalue weighted by molar-refractivity contribution is -0.138. The molecule has 0 unspecified atom stereocenters. The van der Waals surface area contributed by atoms with Crippen LogP contribution in [-0.4, -0.2) is 25.4 Å². The summed E-state index contributed by atoms with van der Waals surface area (Å²) in [5.74, 6) is 3.24. The van der Waals surface area contributed by atoms with Crippen molar-refractivity contribution >= 4 is 42.4 Å². The lowest BCUT2D eigenvalue weighted by atomic mass is 9.99. The quantitative estimate of drug-likeness (QED) is 0.0702. The summed E-state index contributed by atoms with van der Waals surface area (Å²) in [6, 6.07) is 46.4. The second-order valence-electron chi connectivity index (χ2n) is 11.9. The molecule has 52 heavy (non-hydrogen) atoms. The summed E-state index contributed by atoms with van der Waals surface area (Å²) < 4.78 is 10.3. The van der Waals surface area contributed by atoms with Crippen molar-refractivity contribution in [3.05, 3.63) is 149 Å². The van der Waals surface area contributed by atoms with Crippen molar-refractivity contribution in [3.63, 3.8) is 0 Å². The third kappa shape index (κ3) is 10.6. The number of aryl methyl sites for hydroxylation is 3. The van der Waals surface area contributed by atoms with E-state index in [4.69, 9.17) is 9.47 Å². The highest BCUT2D eigenvalue weighted by Gasteiger charge is 2.13. The topological polar surface area (TPSA) is 80.6 Å². The van der Waals surface area contributed by atoms with Gasteiger partial charge < -0.3 is 14.4 Å². The molecule has 5 rings (SSSR count). The average molecular weight is 686 g/mol. The highest BCUT2D eigenvalue weighted by Crippen LogP contribution is 2.35. The monoisotopic (exact) mass is 685 g/mol. The molecule has 0 saturated heterocycles. The van der Waals surface area contributed by atoms with E-state index in [-0.39, 0.29) is 13.2 Å². The fourth-order valence-corrected chi connectivity index (χ4v) is 5.58. The van der Waals surface area contributed by atoms with Crippen LogP contribution in [0.1, 0.15) is 41.2 Å². The number of esters is 2. The highest BCUT2D eigenvalue weighted by atomic mass is 16.5. The molecular formula is C45H39N3O4. The Bertz CT molecular complexity index is 2100. The van der Waals surface area contributed by atoms with Crippen LogP contribution in [0.5, 0.6) is 0 Å². The Morgan fingerprint density at radius 1 is 0.538 bits per heavy atom. The number of carbonyl (C=O) groups excluding carboxylic acids is 2. The fourth-order valence-electron chi connectivity index (χ4n) is 5.58. The number of hydrogen-bond acceptors (Lipinski definition) is 7. The van der Waals surface area contributed by atoms with Crippen LogP contribution in [0.15, 0.2) is 131 Å². The van der Waals surface area contributed by atoms with Crippen LogP contribution in [0.4, 0.5) is 17.1 Å². The first kappa shape index (κ1) is 36.6. The van der Waals surface area contributed by atoms with Gasteiger partial charge in [0, 0.05) is 54.4 Å². The molecule has 0 aromatic heterocycles. The van der Waals surface area contributed by atoms with Gasteiger partial charge in [-0.25, -0.2) is 19.6 Å². The number of carbonyl (C=O) groups is 2. The van der Waals surface area contributed by atoms with E-state index in [0.717, 1.165) is 65.0 Å². The van der Waals surface area contributed by atoms with E-state index >= 15 is 0 Å². The summed E-state index contributed by atoms with van der Waals surface area (Å²) in [6.45, 7) is 8.88. The van der Waals surface area contributed by atoms with E-state index in [1.807, 2.05) is 48.5 Å². The lowest BCUT2D eigenvalue weighted by Crippen LogP contribution is -2.10. The Balaban J connectivity index is 1.18. The van der Waals surface area contributed by atoms with Gasteiger partial charge >= 0.3 is 11.9 Å². The van der Waals surface area contributed by atoms with E-state index in [2.05, 4.69) is 132 Å². The van der Waals surface area contributed by atoms with Gasteiger partial charge in [-0.3, -0.25) is 0 Å². The summed E-state index contributed by atoms with van der Waals surface area (Å²) in [6.07, 6.45) is 3.95. The number of benzene rings is 5. The number of ether oxygens (including phenoxy) is 2. The number of hydrogen-bond donors (Lipinski definition) is 0. The molecule has 258 valence electrons. The second kappa shape index (κ2) is 18.9. The van der Waals surface area contributed by atoms with Gasteiger partial charge in [-0.05, 0) is 101 Å². The van der Waals surface area contributed by atoms with Gasteiger partial charge in [0.05, 0.1) is 0 Å². The van der Waals surface area contributed by atoms with Crippen LogP contribution in [0.2, 0.25) is 0 Å². The fraction of sp³-hybridized carbons (Fsp3) is 0.156. The van der Waals surface area contributed by atoms with Crippen molar-refractivity contribution in [2.45, 2.75) is 45.8 Å². The second-order valence-corrected chi connectivity index (χ2v) is 11.9. The van der Waals surface area contributed by atoms with E-state index < -0.39 is 11.9 Å².